The molecule has 0 unspecified atom stereocenters. The molecule has 0 N–H and O–H groups in total. The topological polar surface area (TPSA) is 55.3 Å². The highest BCUT2D eigenvalue weighted by molar-refractivity contribution is 6.00. The van der Waals surface area contributed by atoms with Crippen molar-refractivity contribution in [3.63, 3.8) is 0 Å². The number of Topliss-reactive ketones (excluding diaryl/α,β-unsaturated/α-hetero) is 1. The molecule has 0 bridgehead atoms. The number of anilines is 1. The van der Waals surface area contributed by atoms with Crippen LogP contribution in [-0.2, 0) is 0 Å². The number of para-hydroxylation sites is 1. The Balaban J connectivity index is 1.79. The molecule has 120 valence electrons. The van der Waals surface area contributed by atoms with E-state index in [1.807, 2.05) is 37.3 Å². The van der Waals surface area contributed by atoms with Crippen LogP contribution in [0.15, 0.2) is 36.5 Å². The molecular weight excluding hydrogens is 290 g/mol. The van der Waals surface area contributed by atoms with Crippen molar-refractivity contribution in [3.05, 3.63) is 47.9 Å². The number of hydrogen-bond donors (Lipinski definition) is 0. The van der Waals surface area contributed by atoms with Gasteiger partial charge in [-0.1, -0.05) is 12.1 Å². The van der Waals surface area contributed by atoms with Crippen LogP contribution in [0.2, 0.25) is 0 Å². The van der Waals surface area contributed by atoms with Gasteiger partial charge in [0, 0.05) is 25.2 Å². The molecule has 2 aromatic rings. The van der Waals surface area contributed by atoms with Crippen molar-refractivity contribution in [2.45, 2.75) is 19.8 Å². The third kappa shape index (κ3) is 3.33. The lowest BCUT2D eigenvalue weighted by atomic mass is 9.89. The number of benzene rings is 1. The Morgan fingerprint density at radius 1 is 1.30 bits per heavy atom. The van der Waals surface area contributed by atoms with Gasteiger partial charge in [-0.3, -0.25) is 4.79 Å². The quantitative estimate of drug-likeness (QED) is 0.813. The fraction of sp³-hybridized carbons (Fsp3) is 0.389. The first-order valence-corrected chi connectivity index (χ1v) is 7.91. The molecule has 0 spiro atoms. The fourth-order valence-electron chi connectivity index (χ4n) is 3.09. The Morgan fingerprint density at radius 3 is 2.91 bits per heavy atom. The van der Waals surface area contributed by atoms with Gasteiger partial charge in [-0.25, -0.2) is 9.97 Å². The maximum atomic E-state index is 12.9. The van der Waals surface area contributed by atoms with Crippen LogP contribution >= 0.6 is 0 Å². The highest BCUT2D eigenvalue weighted by Gasteiger charge is 2.28. The molecule has 1 aromatic carbocycles. The van der Waals surface area contributed by atoms with E-state index in [1.54, 1.807) is 13.3 Å². The van der Waals surface area contributed by atoms with Gasteiger partial charge in [0.2, 0.25) is 0 Å². The average molecular weight is 311 g/mol. The molecule has 0 saturated carbocycles. The lowest BCUT2D eigenvalue weighted by molar-refractivity contribution is 0.0904. The maximum Gasteiger partial charge on any atom is 0.171 e. The lowest BCUT2D eigenvalue weighted by Crippen LogP contribution is -2.39. The molecule has 1 aromatic heterocycles. The number of carbonyl (C=O) groups excluding carboxylic acids is 1. The summed E-state index contributed by atoms with van der Waals surface area (Å²) in [5.41, 5.74) is 0.667. The van der Waals surface area contributed by atoms with Gasteiger partial charge < -0.3 is 9.64 Å². The van der Waals surface area contributed by atoms with Crippen LogP contribution in [0.3, 0.4) is 0 Å². The Hall–Kier alpha value is -2.43. The standard InChI is InChI=1S/C18H21N3O2/c1-13-19-10-9-17(20-13)21-11-5-6-14(12-21)18(22)15-7-3-4-8-16(15)23-2/h3-4,7-10,14H,5-6,11-12H2,1-2H3/t14-/m0/s1. The first-order valence-electron chi connectivity index (χ1n) is 7.91. The van der Waals surface area contributed by atoms with E-state index in [-0.39, 0.29) is 11.7 Å². The van der Waals surface area contributed by atoms with Gasteiger partial charge in [0.25, 0.3) is 0 Å². The number of rotatable bonds is 4. The number of piperidine rings is 1. The molecular formula is C18H21N3O2. The second-order valence-corrected chi connectivity index (χ2v) is 5.81. The molecule has 0 amide bonds. The number of hydrogen-bond acceptors (Lipinski definition) is 5. The van der Waals surface area contributed by atoms with Crippen molar-refractivity contribution < 1.29 is 9.53 Å². The predicted octanol–water partition coefficient (Wildman–Crippen LogP) is 2.89. The normalized spacial score (nSPS) is 17.8. The summed E-state index contributed by atoms with van der Waals surface area (Å²) in [5.74, 6) is 2.41. The van der Waals surface area contributed by atoms with Crippen LogP contribution in [-0.4, -0.2) is 36.0 Å². The molecule has 1 aliphatic heterocycles. The van der Waals surface area contributed by atoms with Crippen LogP contribution < -0.4 is 9.64 Å². The average Bonchev–Trinajstić information content (AvgIpc) is 2.61. The van der Waals surface area contributed by atoms with Crippen LogP contribution in [0.25, 0.3) is 0 Å². The molecule has 0 aliphatic carbocycles. The molecule has 1 atom stereocenters. The number of aryl methyl sites for hydroxylation is 1. The summed E-state index contributed by atoms with van der Waals surface area (Å²) in [6, 6.07) is 9.34. The van der Waals surface area contributed by atoms with Crippen LogP contribution in [0, 0.1) is 12.8 Å². The third-order valence-corrected chi connectivity index (χ3v) is 4.25. The van der Waals surface area contributed by atoms with Gasteiger partial charge >= 0.3 is 0 Å². The second kappa shape index (κ2) is 6.77. The summed E-state index contributed by atoms with van der Waals surface area (Å²) in [7, 11) is 1.60. The summed E-state index contributed by atoms with van der Waals surface area (Å²) in [5, 5.41) is 0. The zero-order valence-electron chi connectivity index (χ0n) is 13.5. The Morgan fingerprint density at radius 2 is 2.13 bits per heavy atom. The highest BCUT2D eigenvalue weighted by atomic mass is 16.5. The minimum Gasteiger partial charge on any atom is -0.496 e. The van der Waals surface area contributed by atoms with Crippen molar-refractivity contribution in [2.24, 2.45) is 5.92 Å². The summed E-state index contributed by atoms with van der Waals surface area (Å²) in [6.45, 7) is 3.49. The van der Waals surface area contributed by atoms with Gasteiger partial charge in [0.1, 0.15) is 17.4 Å². The van der Waals surface area contributed by atoms with E-state index in [0.717, 1.165) is 31.0 Å². The molecule has 1 aliphatic rings. The van der Waals surface area contributed by atoms with E-state index < -0.39 is 0 Å². The lowest BCUT2D eigenvalue weighted by Gasteiger charge is -2.33. The first-order chi connectivity index (χ1) is 11.2. The molecule has 5 heteroatoms. The molecule has 1 saturated heterocycles. The minimum absolute atomic E-state index is 0.0321. The summed E-state index contributed by atoms with van der Waals surface area (Å²) in [6.07, 6.45) is 3.65. The van der Waals surface area contributed by atoms with E-state index in [2.05, 4.69) is 14.9 Å². The van der Waals surface area contributed by atoms with E-state index in [9.17, 15) is 4.79 Å². The van der Waals surface area contributed by atoms with Crippen molar-refractivity contribution in [1.82, 2.24) is 9.97 Å². The van der Waals surface area contributed by atoms with Gasteiger partial charge in [0.05, 0.1) is 12.7 Å². The van der Waals surface area contributed by atoms with Gasteiger partial charge in [-0.15, -0.1) is 0 Å². The number of carbonyl (C=O) groups is 1. The van der Waals surface area contributed by atoms with Crippen molar-refractivity contribution in [3.8, 4) is 5.75 Å². The molecule has 2 heterocycles. The maximum absolute atomic E-state index is 12.9. The molecule has 1 fully saturated rings. The van der Waals surface area contributed by atoms with Crippen LogP contribution in [0.1, 0.15) is 29.0 Å². The predicted molar refractivity (Wildman–Crippen MR) is 89.0 cm³/mol. The highest BCUT2D eigenvalue weighted by Crippen LogP contribution is 2.27. The Labute approximate surface area is 136 Å². The largest absolute Gasteiger partial charge is 0.496 e. The van der Waals surface area contributed by atoms with Gasteiger partial charge in [0.15, 0.2) is 5.78 Å². The second-order valence-electron chi connectivity index (χ2n) is 5.81. The van der Waals surface area contributed by atoms with Gasteiger partial charge in [-0.05, 0) is 38.0 Å². The van der Waals surface area contributed by atoms with Gasteiger partial charge in [-0.2, -0.15) is 0 Å². The van der Waals surface area contributed by atoms with Crippen LogP contribution in [0.4, 0.5) is 5.82 Å². The smallest absolute Gasteiger partial charge is 0.171 e. The van der Waals surface area contributed by atoms with Crippen LogP contribution in [0.5, 0.6) is 5.75 Å². The molecule has 23 heavy (non-hydrogen) atoms. The fourth-order valence-corrected chi connectivity index (χ4v) is 3.09. The number of ether oxygens (including phenoxy) is 1. The number of aromatic nitrogens is 2. The van der Waals surface area contributed by atoms with Crippen molar-refractivity contribution >= 4 is 11.6 Å². The van der Waals surface area contributed by atoms with E-state index >= 15 is 0 Å². The summed E-state index contributed by atoms with van der Waals surface area (Å²) in [4.78, 5) is 23.7. The van der Waals surface area contributed by atoms with Crippen molar-refractivity contribution in [1.29, 1.82) is 0 Å². The molecule has 5 nitrogen and oxygen atoms in total. The third-order valence-electron chi connectivity index (χ3n) is 4.25. The van der Waals surface area contributed by atoms with E-state index in [1.165, 1.54) is 0 Å². The number of methoxy groups -OCH3 is 1. The molecule has 0 radical (unpaired) electrons. The monoisotopic (exact) mass is 311 g/mol. The first kappa shape index (κ1) is 15.5. The summed E-state index contributed by atoms with van der Waals surface area (Å²) >= 11 is 0. The zero-order valence-corrected chi connectivity index (χ0v) is 13.5. The zero-order chi connectivity index (χ0) is 16.2. The minimum atomic E-state index is -0.0321. The number of nitrogens with zero attached hydrogens (tertiary/aromatic N) is 3. The van der Waals surface area contributed by atoms with E-state index in [4.69, 9.17) is 4.74 Å². The van der Waals surface area contributed by atoms with E-state index in [0.29, 0.717) is 17.9 Å². The SMILES string of the molecule is COc1ccccc1C(=O)[C@H]1CCCN(c2ccnc(C)n2)C1. The molecule has 3 rings (SSSR count). The Bertz CT molecular complexity index is 702. The van der Waals surface area contributed by atoms with Crippen molar-refractivity contribution in [2.75, 3.05) is 25.1 Å². The summed E-state index contributed by atoms with van der Waals surface area (Å²) < 4.78 is 5.33. The Kier molecular flexibility index (Phi) is 4.55. The number of ketones is 1.